The van der Waals surface area contributed by atoms with Gasteiger partial charge in [0.15, 0.2) is 29.1 Å². The summed E-state index contributed by atoms with van der Waals surface area (Å²) in [6, 6.07) is 38.2. The van der Waals surface area contributed by atoms with E-state index in [-0.39, 0.29) is 79.0 Å². The van der Waals surface area contributed by atoms with Crippen LogP contribution in [0.15, 0.2) is 134 Å². The van der Waals surface area contributed by atoms with Gasteiger partial charge in [0.05, 0.1) is 41.4 Å². The van der Waals surface area contributed by atoms with Gasteiger partial charge >= 0.3 is 42.0 Å². The number of rotatable bonds is 27. The molecule has 4 bridgehead atoms. The molecule has 0 radical (unpaired) electrons. The number of nitrogens with zero attached hydrogens (tertiary/aromatic N) is 6. The normalized spacial score (nSPS) is 23.2. The van der Waals surface area contributed by atoms with Crippen molar-refractivity contribution in [2.45, 2.75) is 148 Å². The number of hydrogen-bond donors (Lipinski definition) is 4. The van der Waals surface area contributed by atoms with E-state index in [1.165, 1.54) is 16.2 Å². The standard InChI is InChI=1S/C84H91N9O18S/c1-49-61(59-28-30-68(89-69(59)75(98)99)92-34-31-54-19-15-24-60(62(54)40-92)74(97)90-78-88-64-25-13-14-26-67(64)112-78)39-87-93(49)48-83-43-81(5)42-82(6,44-83)46-84(45-81,47-83)106-37-35-91(7)80(102)104-36-16-18-53-27-29-66(110-77-73(109-52(4)96)71(108-51(3)95)70(107-50(2)94)72(111-77)76(100)103-8)65(38-53)85-32-17-33-86-79(101)105-41-63-57-22-11-9-20-55(57)56-21-10-12-23-58(56)63/h9-16,18-30,38-39,63,70-73,77,85H,17,31-37,40-48H2,1-8H3,(H,86,101)(H,98,99)(H,88,90,97)/b18-16+/t70-,71-,72-,73+,77+,81?,82?,83?,84?/m0/s1. The number of ether oxygens (including phenoxy) is 9. The molecule has 5 fully saturated rings. The number of para-hydroxylation sites is 1. The Labute approximate surface area is 651 Å². The van der Waals surface area contributed by atoms with Gasteiger partial charge in [-0.1, -0.05) is 110 Å². The second-order valence-electron chi connectivity index (χ2n) is 30.9. The molecule has 2 unspecified atom stereocenters. The smallest absolute Gasteiger partial charge is 0.409 e. The molecule has 1 saturated heterocycles. The fourth-order valence-electron chi connectivity index (χ4n) is 18.7. The van der Waals surface area contributed by atoms with Crippen molar-refractivity contribution in [3.05, 3.63) is 178 Å². The number of alkyl carbamates (subject to hydrolysis) is 1. The quantitative estimate of drug-likeness (QED) is 0.0211. The van der Waals surface area contributed by atoms with Crippen LogP contribution in [0.25, 0.3) is 38.5 Å². The molecule has 7 aliphatic rings. The minimum absolute atomic E-state index is 0.0188. The number of fused-ring (bicyclic) bond motifs is 5. The number of likely N-dealkylation sites (N-methyl/N-ethyl adjacent to an activating group) is 1. The Balaban J connectivity index is 0.607. The van der Waals surface area contributed by atoms with Gasteiger partial charge in [0.1, 0.15) is 24.8 Å². The Hall–Kier alpha value is -11.2. The maximum absolute atomic E-state index is 13.8. The van der Waals surface area contributed by atoms with Crippen LogP contribution in [-0.2, 0) is 76.6 Å². The minimum Gasteiger partial charge on any atom is -0.476 e. The fourth-order valence-corrected chi connectivity index (χ4v) is 19.5. The predicted molar refractivity (Wildman–Crippen MR) is 415 cm³/mol. The molecule has 112 heavy (non-hydrogen) atoms. The first kappa shape index (κ1) is 77.5. The van der Waals surface area contributed by atoms with Crippen LogP contribution in [0.1, 0.15) is 140 Å². The number of benzene rings is 5. The van der Waals surface area contributed by atoms with E-state index in [1.807, 2.05) is 108 Å². The summed E-state index contributed by atoms with van der Waals surface area (Å²) in [5, 5.41) is 25.4. The Morgan fingerprint density at radius 2 is 1.46 bits per heavy atom. The van der Waals surface area contributed by atoms with E-state index in [0.717, 1.165) is 116 Å². The summed E-state index contributed by atoms with van der Waals surface area (Å²) in [7, 11) is 2.75. The number of carbonyl (C=O) groups excluding carboxylic acids is 7. The van der Waals surface area contributed by atoms with Crippen LogP contribution >= 0.6 is 11.3 Å². The first-order chi connectivity index (χ1) is 53.8. The number of aromatic nitrogens is 4. The molecule has 7 atom stereocenters. The molecule has 27 nitrogen and oxygen atoms in total. The SMILES string of the molecule is COC(=O)[C@H]1O[C@@H](Oc2ccc(/C=C/COC(=O)N(C)CCOC34CC5(C)CC(C)(CC(Cn6ncc(-c7ccc(N8CCc9cccc(C(=O)Nc%10nc%11ccccc%11s%10)c9C8)nc7C(=O)O)c6C)(C5)C3)C4)cc2NCCCNC(=O)OCC2c3ccccc3-c3ccccc32)[C@H](OC(C)=O)[C@@H](OC(C)=O)[C@@H]1OC(C)=O. The van der Waals surface area contributed by atoms with Gasteiger partial charge in [0, 0.05) is 95.4 Å². The lowest BCUT2D eigenvalue weighted by molar-refractivity contribution is -0.282. The maximum atomic E-state index is 13.8. The van der Waals surface area contributed by atoms with Crippen LogP contribution < -0.4 is 25.6 Å². The number of hydrogen-bond acceptors (Lipinski definition) is 23. The molecule has 8 aromatic rings. The van der Waals surface area contributed by atoms with Crippen LogP contribution in [0.2, 0.25) is 0 Å². The lowest BCUT2D eigenvalue weighted by atomic mass is 9.39. The Morgan fingerprint density at radius 1 is 0.750 bits per heavy atom. The molecule has 28 heteroatoms. The van der Waals surface area contributed by atoms with E-state index >= 15 is 0 Å². The van der Waals surface area contributed by atoms with Gasteiger partial charge in [0.2, 0.25) is 12.4 Å². The van der Waals surface area contributed by atoms with Crippen molar-refractivity contribution < 1.29 is 86.1 Å². The van der Waals surface area contributed by atoms with Gasteiger partial charge in [-0.2, -0.15) is 5.10 Å². The summed E-state index contributed by atoms with van der Waals surface area (Å²) >= 11 is 1.41. The number of anilines is 3. The fraction of sp³-hybridized carbons (Fsp3) is 0.417. The van der Waals surface area contributed by atoms with Crippen molar-refractivity contribution in [3.63, 3.8) is 0 Å². The largest absolute Gasteiger partial charge is 0.476 e. The average molecular weight is 1550 g/mol. The lowest BCUT2D eigenvalue weighted by Gasteiger charge is -2.69. The zero-order valence-corrected chi connectivity index (χ0v) is 64.6. The number of carboxylic acids is 1. The number of carbonyl (C=O) groups is 8. The molecular weight excluding hydrogens is 1460 g/mol. The number of amides is 3. The number of methoxy groups -OCH3 is 1. The Kier molecular flexibility index (Phi) is 22.3. The van der Waals surface area contributed by atoms with Crippen molar-refractivity contribution in [1.82, 2.24) is 30.0 Å². The topological polar surface area (TPSA) is 326 Å². The molecule has 3 amide bonds. The van der Waals surface area contributed by atoms with Gasteiger partial charge in [-0.05, 0) is 162 Å². The summed E-state index contributed by atoms with van der Waals surface area (Å²) in [6.07, 6.45) is 2.38. The molecule has 2 aliphatic heterocycles. The predicted octanol–water partition coefficient (Wildman–Crippen LogP) is 12.7. The lowest BCUT2D eigenvalue weighted by Crippen LogP contribution is -2.64. The second kappa shape index (κ2) is 32.2. The molecule has 4 N–H and O–H groups in total. The zero-order valence-electron chi connectivity index (χ0n) is 63.7. The highest BCUT2D eigenvalue weighted by molar-refractivity contribution is 7.22. The van der Waals surface area contributed by atoms with Gasteiger partial charge in [0.25, 0.3) is 5.91 Å². The molecule has 5 heterocycles. The van der Waals surface area contributed by atoms with E-state index in [0.29, 0.717) is 71.4 Å². The molecule has 5 aromatic carbocycles. The van der Waals surface area contributed by atoms with Gasteiger partial charge < -0.3 is 68.2 Å². The molecule has 586 valence electrons. The summed E-state index contributed by atoms with van der Waals surface area (Å²) in [4.78, 5) is 118. The van der Waals surface area contributed by atoms with Gasteiger partial charge in [-0.25, -0.2) is 29.1 Å². The van der Waals surface area contributed by atoms with Gasteiger partial charge in [-0.3, -0.25) is 29.2 Å². The van der Waals surface area contributed by atoms with E-state index < -0.39 is 78.3 Å². The summed E-state index contributed by atoms with van der Waals surface area (Å²) in [5.41, 5.74) is 9.79. The summed E-state index contributed by atoms with van der Waals surface area (Å²) in [6.45, 7) is 12.6. The van der Waals surface area contributed by atoms with Crippen molar-refractivity contribution >= 4 is 92.2 Å². The number of esters is 4. The van der Waals surface area contributed by atoms with Crippen LogP contribution in [0, 0.1) is 23.2 Å². The van der Waals surface area contributed by atoms with Crippen molar-refractivity contribution in [3.8, 4) is 28.0 Å². The molecule has 4 saturated carbocycles. The summed E-state index contributed by atoms with van der Waals surface area (Å²) in [5.74, 6) is -4.50. The minimum atomic E-state index is -1.71. The van der Waals surface area contributed by atoms with E-state index in [4.69, 9.17) is 52.7 Å². The van der Waals surface area contributed by atoms with Crippen molar-refractivity contribution in [2.75, 3.05) is 75.7 Å². The second-order valence-corrected chi connectivity index (χ2v) is 31.9. The number of pyridine rings is 1. The van der Waals surface area contributed by atoms with Crippen LogP contribution in [-0.4, -0.2) is 174 Å². The van der Waals surface area contributed by atoms with E-state index in [1.54, 1.807) is 43.6 Å². The number of thiazole rings is 1. The van der Waals surface area contributed by atoms with Gasteiger partial charge in [-0.15, -0.1) is 0 Å². The maximum Gasteiger partial charge on any atom is 0.409 e. The zero-order chi connectivity index (χ0) is 78.8. The van der Waals surface area contributed by atoms with Crippen LogP contribution in [0.3, 0.4) is 0 Å². The molecular formula is C84H91N9O18S. The third-order valence-electron chi connectivity index (χ3n) is 22.1. The Bertz CT molecular complexity index is 4900. The molecule has 3 aromatic heterocycles. The monoisotopic (exact) mass is 1550 g/mol. The first-order valence-electron chi connectivity index (χ1n) is 37.6. The third kappa shape index (κ3) is 16.7. The van der Waals surface area contributed by atoms with Crippen molar-refractivity contribution in [1.29, 1.82) is 0 Å². The average Bonchev–Trinajstić information content (AvgIpc) is 0.810. The number of aromatic carboxylic acids is 1. The number of carboxylic acid groups (broad SMARTS) is 1. The molecule has 5 aliphatic carbocycles. The molecule has 0 spiro atoms. The number of nitrogens with one attached hydrogen (secondary N) is 3. The van der Waals surface area contributed by atoms with Crippen LogP contribution in [0.5, 0.6) is 5.75 Å². The molecule has 15 rings (SSSR count). The van der Waals surface area contributed by atoms with Crippen molar-refractivity contribution in [2.24, 2.45) is 16.2 Å². The van der Waals surface area contributed by atoms with E-state index in [2.05, 4.69) is 46.9 Å². The highest BCUT2D eigenvalue weighted by Gasteiger charge is 2.66. The highest BCUT2D eigenvalue weighted by atomic mass is 32.1. The van der Waals surface area contributed by atoms with Crippen LogP contribution in [0.4, 0.5) is 26.2 Å². The van der Waals surface area contributed by atoms with E-state index in [9.17, 15) is 43.5 Å². The summed E-state index contributed by atoms with van der Waals surface area (Å²) < 4.78 is 55.8. The third-order valence-corrected chi connectivity index (χ3v) is 23.0. The first-order valence-corrected chi connectivity index (χ1v) is 38.5. The Morgan fingerprint density at radius 3 is 2.17 bits per heavy atom. The highest BCUT2D eigenvalue weighted by Crippen LogP contribution is 2.72.